The molecule has 0 unspecified atom stereocenters. The Bertz CT molecular complexity index is 627. The van der Waals surface area contributed by atoms with E-state index in [4.69, 9.17) is 10.5 Å². The zero-order valence-electron chi connectivity index (χ0n) is 12.8. The van der Waals surface area contributed by atoms with Crippen molar-refractivity contribution < 1.29 is 4.74 Å². The molecule has 3 rings (SSSR count). The van der Waals surface area contributed by atoms with Crippen molar-refractivity contribution >= 4 is 5.82 Å². The van der Waals surface area contributed by atoms with Crippen molar-refractivity contribution in [2.24, 2.45) is 0 Å². The predicted molar refractivity (Wildman–Crippen MR) is 85.4 cm³/mol. The van der Waals surface area contributed by atoms with Gasteiger partial charge < -0.3 is 10.5 Å². The van der Waals surface area contributed by atoms with Gasteiger partial charge in [0.15, 0.2) is 5.82 Å². The summed E-state index contributed by atoms with van der Waals surface area (Å²) in [5.74, 6) is 1.41. The molecule has 4 heteroatoms. The van der Waals surface area contributed by atoms with E-state index < -0.39 is 0 Å². The fraction of sp³-hybridized carbons (Fsp3) is 0.471. The molecule has 4 nitrogen and oxygen atoms in total. The summed E-state index contributed by atoms with van der Waals surface area (Å²) in [6.07, 6.45) is 6.06. The molecule has 0 bridgehead atoms. The Labute approximate surface area is 125 Å². The molecule has 0 aliphatic heterocycles. The lowest BCUT2D eigenvalue weighted by molar-refractivity contribution is 0.409. The van der Waals surface area contributed by atoms with Crippen LogP contribution in [0.5, 0.6) is 5.75 Å². The number of nitrogens with zero attached hydrogens (tertiary/aromatic N) is 1. The van der Waals surface area contributed by atoms with Crippen LogP contribution in [0.3, 0.4) is 0 Å². The number of anilines is 1. The van der Waals surface area contributed by atoms with Crippen molar-refractivity contribution in [2.45, 2.75) is 44.4 Å². The molecular weight excluding hydrogens is 262 g/mol. The van der Waals surface area contributed by atoms with Crippen molar-refractivity contribution in [3.05, 3.63) is 30.0 Å². The summed E-state index contributed by atoms with van der Waals surface area (Å²) >= 11 is 0. The van der Waals surface area contributed by atoms with Crippen LogP contribution in [0.1, 0.15) is 44.7 Å². The molecule has 0 atom stereocenters. The fourth-order valence-electron chi connectivity index (χ4n) is 3.70. The van der Waals surface area contributed by atoms with Gasteiger partial charge in [-0.15, -0.1) is 0 Å². The Morgan fingerprint density at radius 2 is 2.00 bits per heavy atom. The predicted octanol–water partition coefficient (Wildman–Crippen LogP) is 3.89. The number of nitrogens with two attached hydrogens (primary N) is 1. The molecule has 0 amide bonds. The zero-order valence-corrected chi connectivity index (χ0v) is 12.8. The first-order valence-electron chi connectivity index (χ1n) is 7.69. The standard InChI is InChI=1S/C17H23N3O/c1-3-17(10-6-7-11-17)15-14(16(18)20-19-15)12-8-4-5-9-13(12)21-2/h4-5,8-9H,3,6-7,10-11H2,1-2H3,(H3,18,19,20). The maximum atomic E-state index is 6.18. The van der Waals surface area contributed by atoms with Gasteiger partial charge in [-0.25, -0.2) is 0 Å². The summed E-state index contributed by atoms with van der Waals surface area (Å²) in [5.41, 5.74) is 9.60. The van der Waals surface area contributed by atoms with E-state index in [0.29, 0.717) is 5.82 Å². The third-order valence-electron chi connectivity index (χ3n) is 4.94. The normalized spacial score (nSPS) is 17.0. The monoisotopic (exact) mass is 285 g/mol. The van der Waals surface area contributed by atoms with Crippen molar-refractivity contribution in [2.75, 3.05) is 12.8 Å². The Balaban J connectivity index is 2.18. The van der Waals surface area contributed by atoms with E-state index in [1.165, 1.54) is 31.4 Å². The summed E-state index contributed by atoms with van der Waals surface area (Å²) in [5, 5.41) is 7.53. The average molecular weight is 285 g/mol. The highest BCUT2D eigenvalue weighted by atomic mass is 16.5. The summed E-state index contributed by atoms with van der Waals surface area (Å²) in [7, 11) is 1.69. The number of nitrogens with one attached hydrogen (secondary N) is 1. The highest BCUT2D eigenvalue weighted by Crippen LogP contribution is 2.48. The van der Waals surface area contributed by atoms with Gasteiger partial charge in [0.05, 0.1) is 18.4 Å². The summed E-state index contributed by atoms with van der Waals surface area (Å²) < 4.78 is 5.51. The molecule has 0 radical (unpaired) electrons. The molecule has 1 aromatic heterocycles. The second-order valence-corrected chi connectivity index (χ2v) is 5.90. The van der Waals surface area contributed by atoms with Gasteiger partial charge in [-0.1, -0.05) is 38.0 Å². The number of rotatable bonds is 4. The molecule has 0 spiro atoms. The van der Waals surface area contributed by atoms with E-state index in [1.807, 2.05) is 18.2 Å². The van der Waals surface area contributed by atoms with E-state index in [2.05, 4.69) is 23.2 Å². The smallest absolute Gasteiger partial charge is 0.153 e. The number of hydrogen-bond acceptors (Lipinski definition) is 3. The molecule has 21 heavy (non-hydrogen) atoms. The van der Waals surface area contributed by atoms with Crippen LogP contribution in [0.15, 0.2) is 24.3 Å². The van der Waals surface area contributed by atoms with Gasteiger partial charge in [-0.05, 0) is 25.3 Å². The second-order valence-electron chi connectivity index (χ2n) is 5.90. The molecule has 1 aliphatic carbocycles. The first-order valence-corrected chi connectivity index (χ1v) is 7.69. The van der Waals surface area contributed by atoms with Gasteiger partial charge in [0.25, 0.3) is 0 Å². The molecule has 0 saturated heterocycles. The van der Waals surface area contributed by atoms with Crippen LogP contribution in [-0.2, 0) is 5.41 Å². The largest absolute Gasteiger partial charge is 0.496 e. The molecule has 112 valence electrons. The maximum absolute atomic E-state index is 6.18. The lowest BCUT2D eigenvalue weighted by atomic mass is 9.77. The van der Waals surface area contributed by atoms with Gasteiger partial charge in [-0.2, -0.15) is 5.10 Å². The van der Waals surface area contributed by atoms with E-state index in [0.717, 1.165) is 23.3 Å². The van der Waals surface area contributed by atoms with Gasteiger partial charge in [0.1, 0.15) is 5.75 Å². The van der Waals surface area contributed by atoms with Crippen molar-refractivity contribution in [3.8, 4) is 16.9 Å². The van der Waals surface area contributed by atoms with Crippen molar-refractivity contribution in [1.82, 2.24) is 10.2 Å². The van der Waals surface area contributed by atoms with Crippen LogP contribution in [0, 0.1) is 0 Å². The van der Waals surface area contributed by atoms with Crippen LogP contribution in [0.4, 0.5) is 5.82 Å². The highest BCUT2D eigenvalue weighted by Gasteiger charge is 2.38. The molecule has 1 aliphatic rings. The van der Waals surface area contributed by atoms with E-state index >= 15 is 0 Å². The number of ether oxygens (including phenoxy) is 1. The molecule has 3 N–H and O–H groups in total. The van der Waals surface area contributed by atoms with Crippen LogP contribution in [0.25, 0.3) is 11.1 Å². The third-order valence-corrected chi connectivity index (χ3v) is 4.94. The van der Waals surface area contributed by atoms with E-state index in [9.17, 15) is 0 Å². The van der Waals surface area contributed by atoms with Gasteiger partial charge in [0.2, 0.25) is 0 Å². The summed E-state index contributed by atoms with van der Waals surface area (Å²) in [4.78, 5) is 0. The van der Waals surface area contributed by atoms with Crippen LogP contribution in [-0.4, -0.2) is 17.3 Å². The Morgan fingerprint density at radius 1 is 1.29 bits per heavy atom. The van der Waals surface area contributed by atoms with E-state index in [1.54, 1.807) is 7.11 Å². The molecule has 1 saturated carbocycles. The Morgan fingerprint density at radius 3 is 2.67 bits per heavy atom. The minimum atomic E-state index is 0.181. The maximum Gasteiger partial charge on any atom is 0.153 e. The Kier molecular flexibility index (Phi) is 3.62. The highest BCUT2D eigenvalue weighted by molar-refractivity contribution is 5.81. The second kappa shape index (κ2) is 5.43. The van der Waals surface area contributed by atoms with Gasteiger partial charge in [0, 0.05) is 11.0 Å². The first kappa shape index (κ1) is 14.0. The lowest BCUT2D eigenvalue weighted by Crippen LogP contribution is -2.22. The summed E-state index contributed by atoms with van der Waals surface area (Å²) in [6.45, 7) is 2.26. The number of para-hydroxylation sites is 1. The molecule has 1 fully saturated rings. The minimum Gasteiger partial charge on any atom is -0.496 e. The number of aromatic amines is 1. The number of methoxy groups -OCH3 is 1. The van der Waals surface area contributed by atoms with E-state index in [-0.39, 0.29) is 5.41 Å². The first-order chi connectivity index (χ1) is 10.2. The van der Waals surface area contributed by atoms with Crippen LogP contribution >= 0.6 is 0 Å². The minimum absolute atomic E-state index is 0.181. The van der Waals surface area contributed by atoms with Gasteiger partial charge >= 0.3 is 0 Å². The average Bonchev–Trinajstić information content (AvgIpc) is 3.14. The number of benzene rings is 1. The lowest BCUT2D eigenvalue weighted by Gasteiger charge is -2.27. The molecular formula is C17H23N3O. The third kappa shape index (κ3) is 2.19. The van der Waals surface area contributed by atoms with Crippen molar-refractivity contribution in [1.29, 1.82) is 0 Å². The Hall–Kier alpha value is -1.97. The number of aromatic nitrogens is 2. The van der Waals surface area contributed by atoms with Crippen LogP contribution < -0.4 is 10.5 Å². The molecule has 2 aromatic rings. The number of hydrogen-bond donors (Lipinski definition) is 2. The number of nitrogen functional groups attached to an aromatic ring is 1. The van der Waals surface area contributed by atoms with Gasteiger partial charge in [-0.3, -0.25) is 5.10 Å². The van der Waals surface area contributed by atoms with Crippen molar-refractivity contribution in [3.63, 3.8) is 0 Å². The zero-order chi connectivity index (χ0) is 14.9. The fourth-order valence-corrected chi connectivity index (χ4v) is 3.70. The SMILES string of the molecule is CCC1(c2[nH]nc(N)c2-c2ccccc2OC)CCCC1. The quantitative estimate of drug-likeness (QED) is 0.895. The number of H-pyrrole nitrogens is 1. The van der Waals surface area contributed by atoms with Crippen LogP contribution in [0.2, 0.25) is 0 Å². The topological polar surface area (TPSA) is 63.9 Å². The molecule has 1 heterocycles. The molecule has 1 aromatic carbocycles. The summed E-state index contributed by atoms with van der Waals surface area (Å²) in [6, 6.07) is 8.02.